The van der Waals surface area contributed by atoms with Crippen molar-refractivity contribution in [3.05, 3.63) is 0 Å². The molecule has 2 aliphatic heterocycles. The van der Waals surface area contributed by atoms with Crippen molar-refractivity contribution in [1.29, 1.82) is 0 Å². The average Bonchev–Trinajstić information content (AvgIpc) is 2.23. The molecule has 1 atom stereocenters. The van der Waals surface area contributed by atoms with Crippen LogP contribution in [0.1, 0.15) is 6.92 Å². The van der Waals surface area contributed by atoms with E-state index in [2.05, 4.69) is 5.10 Å². The van der Waals surface area contributed by atoms with Crippen LogP contribution in [-0.4, -0.2) is 54.0 Å². The standard InChI is InChI=1S/C8H14N2O3/c1-8(12)6-10(9-7(8)11)2-4-13-5-3-10/h12H,2-6H2,1H3. The lowest BCUT2D eigenvalue weighted by molar-refractivity contribution is -0.939. The molecule has 1 saturated heterocycles. The van der Waals surface area contributed by atoms with Crippen molar-refractivity contribution in [3.63, 3.8) is 0 Å². The van der Waals surface area contributed by atoms with Gasteiger partial charge in [-0.3, -0.25) is 0 Å². The predicted octanol–water partition coefficient (Wildman–Crippen LogP) is -1.73. The minimum absolute atomic E-state index is 0.353. The van der Waals surface area contributed by atoms with Crippen molar-refractivity contribution in [2.24, 2.45) is 5.10 Å². The Hall–Kier alpha value is -0.650. The zero-order valence-corrected chi connectivity index (χ0v) is 7.69. The SMILES string of the molecule is CC1(O)C[N+]2(CCOCC2)N=C1[O-]. The maximum absolute atomic E-state index is 11.3. The summed E-state index contributed by atoms with van der Waals surface area (Å²) in [6.07, 6.45) is 0. The normalized spacial score (nSPS) is 37.8. The number of morpholine rings is 1. The first-order valence-corrected chi connectivity index (χ1v) is 4.48. The van der Waals surface area contributed by atoms with Gasteiger partial charge in [0.1, 0.15) is 25.2 Å². The Balaban J connectivity index is 2.19. The second-order valence-corrected chi connectivity index (χ2v) is 3.99. The fourth-order valence-electron chi connectivity index (χ4n) is 1.92. The minimum Gasteiger partial charge on any atom is -0.856 e. The maximum atomic E-state index is 11.3. The third kappa shape index (κ3) is 1.43. The molecule has 0 aromatic rings. The van der Waals surface area contributed by atoms with Gasteiger partial charge in [0.2, 0.25) is 0 Å². The Kier molecular flexibility index (Phi) is 1.83. The van der Waals surface area contributed by atoms with Crippen molar-refractivity contribution >= 4 is 5.90 Å². The molecule has 0 aromatic heterocycles. The summed E-state index contributed by atoms with van der Waals surface area (Å²) in [5.41, 5.74) is -1.27. The Bertz CT molecular complexity index is 244. The molecule has 0 aromatic carbocycles. The minimum atomic E-state index is -1.27. The van der Waals surface area contributed by atoms with Crippen LogP contribution in [0.15, 0.2) is 5.10 Å². The Morgan fingerprint density at radius 1 is 1.54 bits per heavy atom. The fraction of sp³-hybridized carbons (Fsp3) is 0.875. The predicted molar refractivity (Wildman–Crippen MR) is 43.7 cm³/mol. The number of hydrogen-bond acceptors (Lipinski definition) is 4. The topological polar surface area (TPSA) is 64.9 Å². The summed E-state index contributed by atoms with van der Waals surface area (Å²) in [6, 6.07) is 0. The number of nitrogens with zero attached hydrogens (tertiary/aromatic N) is 2. The van der Waals surface area contributed by atoms with Gasteiger partial charge in [-0.25, -0.2) is 0 Å². The molecule has 1 N–H and O–H groups in total. The van der Waals surface area contributed by atoms with E-state index >= 15 is 0 Å². The molecule has 0 radical (unpaired) electrons. The molecule has 1 fully saturated rings. The fourth-order valence-corrected chi connectivity index (χ4v) is 1.92. The molecule has 2 heterocycles. The Labute approximate surface area is 76.8 Å². The van der Waals surface area contributed by atoms with Crippen LogP contribution in [0.5, 0.6) is 0 Å². The summed E-state index contributed by atoms with van der Waals surface area (Å²) in [5, 5.41) is 25.0. The summed E-state index contributed by atoms with van der Waals surface area (Å²) >= 11 is 0. The third-order valence-electron chi connectivity index (χ3n) is 2.67. The molecule has 0 saturated carbocycles. The van der Waals surface area contributed by atoms with Crippen molar-refractivity contribution in [2.45, 2.75) is 12.5 Å². The van der Waals surface area contributed by atoms with E-state index in [4.69, 9.17) is 4.74 Å². The lowest BCUT2D eigenvalue weighted by Crippen LogP contribution is -2.54. The first kappa shape index (κ1) is 8.93. The van der Waals surface area contributed by atoms with Gasteiger partial charge in [-0.2, -0.15) is 4.59 Å². The van der Waals surface area contributed by atoms with Crippen molar-refractivity contribution in [1.82, 2.24) is 0 Å². The van der Waals surface area contributed by atoms with Crippen LogP contribution in [-0.2, 0) is 4.74 Å². The molecule has 1 unspecified atom stereocenters. The summed E-state index contributed by atoms with van der Waals surface area (Å²) < 4.78 is 5.54. The van der Waals surface area contributed by atoms with E-state index in [1.165, 1.54) is 6.92 Å². The van der Waals surface area contributed by atoms with Crippen LogP contribution in [0, 0.1) is 0 Å². The molecule has 2 aliphatic rings. The van der Waals surface area contributed by atoms with Crippen LogP contribution in [0.2, 0.25) is 0 Å². The molecule has 74 valence electrons. The summed E-state index contributed by atoms with van der Waals surface area (Å²) in [7, 11) is 0. The maximum Gasteiger partial charge on any atom is 0.146 e. The van der Waals surface area contributed by atoms with Gasteiger partial charge in [0, 0.05) is 0 Å². The van der Waals surface area contributed by atoms with Gasteiger partial charge in [-0.05, 0) is 6.92 Å². The molecular formula is C8H14N2O3. The lowest BCUT2D eigenvalue weighted by atomic mass is 10.1. The Morgan fingerprint density at radius 3 is 2.62 bits per heavy atom. The molecule has 2 rings (SSSR count). The van der Waals surface area contributed by atoms with E-state index < -0.39 is 11.5 Å². The summed E-state index contributed by atoms with van der Waals surface area (Å²) in [4.78, 5) is 0. The van der Waals surface area contributed by atoms with Crippen LogP contribution in [0.4, 0.5) is 0 Å². The number of quaternary nitrogens is 1. The van der Waals surface area contributed by atoms with Gasteiger partial charge < -0.3 is 14.9 Å². The average molecular weight is 186 g/mol. The Morgan fingerprint density at radius 2 is 2.15 bits per heavy atom. The van der Waals surface area contributed by atoms with Crippen LogP contribution < -0.4 is 5.11 Å². The monoisotopic (exact) mass is 186 g/mol. The van der Waals surface area contributed by atoms with Crippen molar-refractivity contribution in [2.75, 3.05) is 32.8 Å². The molecule has 5 heteroatoms. The summed E-state index contributed by atoms with van der Waals surface area (Å²) in [6.45, 7) is 4.56. The van der Waals surface area contributed by atoms with Crippen molar-refractivity contribution in [3.8, 4) is 0 Å². The second-order valence-electron chi connectivity index (χ2n) is 3.99. The van der Waals surface area contributed by atoms with Crippen LogP contribution >= 0.6 is 0 Å². The first-order chi connectivity index (χ1) is 6.04. The highest BCUT2D eigenvalue weighted by Crippen LogP contribution is 2.25. The van der Waals surface area contributed by atoms with E-state index in [0.29, 0.717) is 37.4 Å². The largest absolute Gasteiger partial charge is 0.856 e. The van der Waals surface area contributed by atoms with E-state index in [0.717, 1.165) is 0 Å². The number of ether oxygens (including phenoxy) is 1. The van der Waals surface area contributed by atoms with Crippen LogP contribution in [0.25, 0.3) is 0 Å². The highest BCUT2D eigenvalue weighted by atomic mass is 16.5. The van der Waals surface area contributed by atoms with Gasteiger partial charge in [-0.1, -0.05) is 5.10 Å². The second kappa shape index (κ2) is 2.67. The van der Waals surface area contributed by atoms with Crippen molar-refractivity contribution < 1.29 is 19.5 Å². The number of hydrogen-bond donors (Lipinski definition) is 1. The lowest BCUT2D eigenvalue weighted by Gasteiger charge is -2.33. The highest BCUT2D eigenvalue weighted by Gasteiger charge is 2.45. The summed E-state index contributed by atoms with van der Waals surface area (Å²) in [5.74, 6) is -0.394. The van der Waals surface area contributed by atoms with E-state index in [1.807, 2.05) is 0 Å². The zero-order valence-electron chi connectivity index (χ0n) is 7.69. The van der Waals surface area contributed by atoms with Gasteiger partial charge in [0.25, 0.3) is 0 Å². The smallest absolute Gasteiger partial charge is 0.146 e. The third-order valence-corrected chi connectivity index (χ3v) is 2.67. The molecule has 1 spiro atoms. The highest BCUT2D eigenvalue weighted by molar-refractivity contribution is 5.81. The van der Waals surface area contributed by atoms with E-state index in [-0.39, 0.29) is 0 Å². The molecule has 0 aliphatic carbocycles. The number of rotatable bonds is 0. The zero-order chi connectivity index (χ0) is 9.53. The molecular weight excluding hydrogens is 172 g/mol. The molecule has 0 amide bonds. The van der Waals surface area contributed by atoms with E-state index in [9.17, 15) is 10.2 Å². The van der Waals surface area contributed by atoms with Gasteiger partial charge in [-0.15, -0.1) is 0 Å². The number of aliphatic hydroxyl groups is 1. The molecule has 0 bridgehead atoms. The quantitative estimate of drug-likeness (QED) is 0.457. The van der Waals surface area contributed by atoms with Gasteiger partial charge in [0.05, 0.1) is 19.1 Å². The van der Waals surface area contributed by atoms with Crippen LogP contribution in [0.3, 0.4) is 0 Å². The first-order valence-electron chi connectivity index (χ1n) is 4.48. The molecule has 5 nitrogen and oxygen atoms in total. The van der Waals surface area contributed by atoms with Gasteiger partial charge in [0.15, 0.2) is 0 Å². The van der Waals surface area contributed by atoms with Gasteiger partial charge >= 0.3 is 0 Å². The van der Waals surface area contributed by atoms with E-state index in [1.54, 1.807) is 0 Å². The molecule has 13 heavy (non-hydrogen) atoms.